The molecule has 2 aromatic rings. The molecule has 1 N–H and O–H groups in total. The number of aromatic nitrogens is 2. The van der Waals surface area contributed by atoms with E-state index in [1.807, 2.05) is 32.0 Å². The van der Waals surface area contributed by atoms with Gasteiger partial charge in [-0.2, -0.15) is 0 Å². The van der Waals surface area contributed by atoms with Crippen molar-refractivity contribution in [3.63, 3.8) is 0 Å². The number of rotatable bonds is 2. The van der Waals surface area contributed by atoms with Gasteiger partial charge in [-0.05, 0) is 32.0 Å². The topological polar surface area (TPSA) is 46.9 Å². The van der Waals surface area contributed by atoms with Crippen LogP contribution in [-0.4, -0.2) is 16.1 Å². The SMILES string of the molecule is CCNc1ccc2c(=O)n(C)c(C)nc2c1. The zero-order chi connectivity index (χ0) is 11.7. The van der Waals surface area contributed by atoms with Crippen LogP contribution in [0.15, 0.2) is 23.0 Å². The van der Waals surface area contributed by atoms with Crippen LogP contribution in [0.2, 0.25) is 0 Å². The molecule has 0 aliphatic rings. The summed E-state index contributed by atoms with van der Waals surface area (Å²) in [5, 5.41) is 3.87. The standard InChI is InChI=1S/C12H15N3O/c1-4-13-9-5-6-10-11(7-9)14-8(2)15(3)12(10)16/h5-7,13H,4H2,1-3H3. The van der Waals surface area contributed by atoms with Gasteiger partial charge in [0.05, 0.1) is 10.9 Å². The molecule has 0 atom stereocenters. The van der Waals surface area contributed by atoms with Crippen LogP contribution in [0.25, 0.3) is 10.9 Å². The Kier molecular flexibility index (Phi) is 2.64. The van der Waals surface area contributed by atoms with E-state index in [-0.39, 0.29) is 5.56 Å². The Labute approximate surface area is 93.9 Å². The van der Waals surface area contributed by atoms with Gasteiger partial charge in [0, 0.05) is 19.3 Å². The lowest BCUT2D eigenvalue weighted by molar-refractivity contribution is 0.792. The van der Waals surface area contributed by atoms with E-state index in [4.69, 9.17) is 0 Å². The molecule has 0 saturated carbocycles. The maximum Gasteiger partial charge on any atom is 0.261 e. The van der Waals surface area contributed by atoms with Crippen LogP contribution in [-0.2, 0) is 7.05 Å². The molecule has 1 aromatic heterocycles. The highest BCUT2D eigenvalue weighted by Gasteiger charge is 2.05. The minimum atomic E-state index is 0.00514. The zero-order valence-electron chi connectivity index (χ0n) is 9.74. The van der Waals surface area contributed by atoms with E-state index in [1.54, 1.807) is 11.6 Å². The molecule has 0 radical (unpaired) electrons. The van der Waals surface area contributed by atoms with Crippen molar-refractivity contribution in [2.24, 2.45) is 7.05 Å². The number of hydrogen-bond donors (Lipinski definition) is 1. The van der Waals surface area contributed by atoms with Gasteiger partial charge in [-0.25, -0.2) is 4.98 Å². The minimum absolute atomic E-state index is 0.00514. The number of nitrogens with zero attached hydrogens (tertiary/aromatic N) is 2. The van der Waals surface area contributed by atoms with E-state index in [1.165, 1.54) is 0 Å². The van der Waals surface area contributed by atoms with Crippen molar-refractivity contribution in [2.45, 2.75) is 13.8 Å². The zero-order valence-corrected chi connectivity index (χ0v) is 9.74. The smallest absolute Gasteiger partial charge is 0.261 e. The molecule has 1 heterocycles. The molecule has 16 heavy (non-hydrogen) atoms. The highest BCUT2D eigenvalue weighted by atomic mass is 16.1. The third-order valence-corrected chi connectivity index (χ3v) is 2.68. The number of aryl methyl sites for hydroxylation is 1. The highest BCUT2D eigenvalue weighted by molar-refractivity contribution is 5.81. The Morgan fingerprint density at radius 2 is 2.19 bits per heavy atom. The molecule has 0 bridgehead atoms. The van der Waals surface area contributed by atoms with Crippen molar-refractivity contribution < 1.29 is 0 Å². The second-order valence-electron chi connectivity index (χ2n) is 3.79. The van der Waals surface area contributed by atoms with Crippen LogP contribution in [0.1, 0.15) is 12.7 Å². The highest BCUT2D eigenvalue weighted by Crippen LogP contribution is 2.14. The second kappa shape index (κ2) is 3.96. The summed E-state index contributed by atoms with van der Waals surface area (Å²) in [4.78, 5) is 16.3. The Hall–Kier alpha value is -1.84. The van der Waals surface area contributed by atoms with E-state index in [2.05, 4.69) is 10.3 Å². The van der Waals surface area contributed by atoms with Crippen LogP contribution < -0.4 is 10.9 Å². The maximum atomic E-state index is 11.9. The second-order valence-corrected chi connectivity index (χ2v) is 3.79. The predicted octanol–water partition coefficient (Wildman–Crippen LogP) is 1.67. The first-order chi connectivity index (χ1) is 7.63. The van der Waals surface area contributed by atoms with Crippen LogP contribution >= 0.6 is 0 Å². The molecule has 0 saturated heterocycles. The molecular weight excluding hydrogens is 202 g/mol. The predicted molar refractivity (Wildman–Crippen MR) is 65.9 cm³/mol. The molecule has 0 amide bonds. The van der Waals surface area contributed by atoms with E-state index in [0.29, 0.717) is 5.39 Å². The van der Waals surface area contributed by atoms with Gasteiger partial charge in [0.25, 0.3) is 5.56 Å². The van der Waals surface area contributed by atoms with Gasteiger partial charge >= 0.3 is 0 Å². The Bertz CT molecular complexity index is 587. The van der Waals surface area contributed by atoms with Crippen LogP contribution in [0.5, 0.6) is 0 Å². The molecule has 4 nitrogen and oxygen atoms in total. The van der Waals surface area contributed by atoms with Gasteiger partial charge in [-0.1, -0.05) is 0 Å². The molecular formula is C12H15N3O. The summed E-state index contributed by atoms with van der Waals surface area (Å²) in [7, 11) is 1.74. The van der Waals surface area contributed by atoms with Crippen molar-refractivity contribution in [3.05, 3.63) is 34.4 Å². The maximum absolute atomic E-state index is 11.9. The van der Waals surface area contributed by atoms with Gasteiger partial charge in [0.2, 0.25) is 0 Å². The third kappa shape index (κ3) is 1.66. The number of anilines is 1. The minimum Gasteiger partial charge on any atom is -0.385 e. The van der Waals surface area contributed by atoms with E-state index in [0.717, 1.165) is 23.6 Å². The largest absolute Gasteiger partial charge is 0.385 e. The van der Waals surface area contributed by atoms with Gasteiger partial charge < -0.3 is 5.32 Å². The number of nitrogens with one attached hydrogen (secondary N) is 1. The lowest BCUT2D eigenvalue weighted by Gasteiger charge is -2.07. The molecule has 2 rings (SSSR count). The van der Waals surface area contributed by atoms with Gasteiger partial charge in [-0.3, -0.25) is 9.36 Å². The van der Waals surface area contributed by atoms with Crippen molar-refractivity contribution in [3.8, 4) is 0 Å². The first kappa shape index (κ1) is 10.7. The van der Waals surface area contributed by atoms with Crippen LogP contribution in [0, 0.1) is 6.92 Å². The lowest BCUT2D eigenvalue weighted by atomic mass is 10.2. The number of benzene rings is 1. The molecule has 0 aliphatic carbocycles. The van der Waals surface area contributed by atoms with Gasteiger partial charge in [0.15, 0.2) is 0 Å². The summed E-state index contributed by atoms with van der Waals surface area (Å²) in [6, 6.07) is 5.64. The molecule has 4 heteroatoms. The molecule has 84 valence electrons. The summed E-state index contributed by atoms with van der Waals surface area (Å²) in [5.74, 6) is 0.728. The lowest BCUT2D eigenvalue weighted by Crippen LogP contribution is -2.20. The van der Waals surface area contributed by atoms with E-state index >= 15 is 0 Å². The van der Waals surface area contributed by atoms with Crippen molar-refractivity contribution in [1.82, 2.24) is 9.55 Å². The van der Waals surface area contributed by atoms with Crippen molar-refractivity contribution in [2.75, 3.05) is 11.9 Å². The third-order valence-electron chi connectivity index (χ3n) is 2.68. The number of fused-ring (bicyclic) bond motifs is 1. The Balaban J connectivity index is 2.71. The Morgan fingerprint density at radius 1 is 1.44 bits per heavy atom. The summed E-state index contributed by atoms with van der Waals surface area (Å²) < 4.78 is 1.56. The summed E-state index contributed by atoms with van der Waals surface area (Å²) >= 11 is 0. The van der Waals surface area contributed by atoms with Gasteiger partial charge in [0.1, 0.15) is 5.82 Å². The summed E-state index contributed by atoms with van der Waals surface area (Å²) in [6.45, 7) is 4.73. The average Bonchev–Trinajstić information content (AvgIpc) is 2.26. The molecule has 0 fully saturated rings. The van der Waals surface area contributed by atoms with Crippen LogP contribution in [0.4, 0.5) is 5.69 Å². The quantitative estimate of drug-likeness (QED) is 0.832. The molecule has 0 aliphatic heterocycles. The summed E-state index contributed by atoms with van der Waals surface area (Å²) in [5.41, 5.74) is 1.75. The van der Waals surface area contributed by atoms with Crippen molar-refractivity contribution in [1.29, 1.82) is 0 Å². The fraction of sp³-hybridized carbons (Fsp3) is 0.333. The van der Waals surface area contributed by atoms with Crippen LogP contribution in [0.3, 0.4) is 0 Å². The normalized spacial score (nSPS) is 10.7. The Morgan fingerprint density at radius 3 is 2.88 bits per heavy atom. The van der Waals surface area contributed by atoms with Gasteiger partial charge in [-0.15, -0.1) is 0 Å². The molecule has 1 aromatic carbocycles. The van der Waals surface area contributed by atoms with E-state index < -0.39 is 0 Å². The fourth-order valence-corrected chi connectivity index (χ4v) is 1.70. The first-order valence-electron chi connectivity index (χ1n) is 5.34. The summed E-state index contributed by atoms with van der Waals surface area (Å²) in [6.07, 6.45) is 0. The van der Waals surface area contributed by atoms with Crippen molar-refractivity contribution >= 4 is 16.6 Å². The first-order valence-corrected chi connectivity index (χ1v) is 5.34. The monoisotopic (exact) mass is 217 g/mol. The average molecular weight is 217 g/mol. The number of hydrogen-bond acceptors (Lipinski definition) is 3. The fourth-order valence-electron chi connectivity index (χ4n) is 1.70. The molecule has 0 unspecified atom stereocenters. The molecule has 0 spiro atoms. The van der Waals surface area contributed by atoms with E-state index in [9.17, 15) is 4.79 Å².